The molecule has 1 unspecified atom stereocenters. The predicted molar refractivity (Wildman–Crippen MR) is 83.9 cm³/mol. The lowest BCUT2D eigenvalue weighted by molar-refractivity contribution is -0.141. The highest BCUT2D eigenvalue weighted by Gasteiger charge is 2.35. The van der Waals surface area contributed by atoms with E-state index in [0.717, 1.165) is 10.6 Å². The largest absolute Gasteiger partial charge is 0.480 e. The summed E-state index contributed by atoms with van der Waals surface area (Å²) in [4.78, 5) is 37.5. The molecule has 1 fully saturated rings. The second kappa shape index (κ2) is 6.83. The van der Waals surface area contributed by atoms with Gasteiger partial charge in [0.15, 0.2) is 0 Å². The third kappa shape index (κ3) is 3.59. The van der Waals surface area contributed by atoms with E-state index in [1.807, 2.05) is 30.5 Å². The lowest BCUT2D eigenvalue weighted by Crippen LogP contribution is -2.42. The number of carbonyl (C=O) groups excluding carboxylic acids is 2. The normalized spacial score (nSPS) is 19.1. The Kier molecular flexibility index (Phi) is 5.07. The smallest absolute Gasteiger partial charge is 0.325 e. The molecular formula is C15H18N2O4S. The average Bonchev–Trinajstić information content (AvgIpc) is 2.89. The van der Waals surface area contributed by atoms with Crippen molar-refractivity contribution < 1.29 is 19.5 Å². The molecule has 2 amide bonds. The van der Waals surface area contributed by atoms with Crippen molar-refractivity contribution in [3.63, 3.8) is 0 Å². The molecule has 1 aliphatic heterocycles. The van der Waals surface area contributed by atoms with E-state index >= 15 is 0 Å². The van der Waals surface area contributed by atoms with Gasteiger partial charge in [0.25, 0.3) is 0 Å². The van der Waals surface area contributed by atoms with Gasteiger partial charge in [0.05, 0.1) is 5.92 Å². The fourth-order valence-corrected chi connectivity index (χ4v) is 2.70. The fraction of sp³-hybridized carbons (Fsp3) is 0.400. The molecule has 7 heteroatoms. The van der Waals surface area contributed by atoms with E-state index in [4.69, 9.17) is 5.11 Å². The molecule has 0 bridgehead atoms. The number of hydrogen-bond acceptors (Lipinski definition) is 4. The fourth-order valence-electron chi connectivity index (χ4n) is 2.29. The SMILES string of the molecule is CSc1ccc(N2CC(C(=O)N[C@@H](C)C(=O)O)CC2=O)cc1. The first-order valence-corrected chi connectivity index (χ1v) is 8.12. The molecule has 1 saturated heterocycles. The summed E-state index contributed by atoms with van der Waals surface area (Å²) in [6.07, 6.45) is 2.07. The van der Waals surface area contributed by atoms with Gasteiger partial charge in [-0.1, -0.05) is 0 Å². The van der Waals surface area contributed by atoms with Gasteiger partial charge in [-0.25, -0.2) is 0 Å². The lowest BCUT2D eigenvalue weighted by atomic mass is 10.1. The van der Waals surface area contributed by atoms with Crippen LogP contribution in [-0.4, -0.2) is 41.7 Å². The third-order valence-electron chi connectivity index (χ3n) is 3.61. The molecule has 6 nitrogen and oxygen atoms in total. The average molecular weight is 322 g/mol. The monoisotopic (exact) mass is 322 g/mol. The minimum absolute atomic E-state index is 0.0997. The summed E-state index contributed by atoms with van der Waals surface area (Å²) >= 11 is 1.61. The van der Waals surface area contributed by atoms with Crippen LogP contribution in [0, 0.1) is 5.92 Å². The number of aliphatic carboxylic acids is 1. The molecule has 1 aromatic rings. The first-order chi connectivity index (χ1) is 10.4. The van der Waals surface area contributed by atoms with Crippen molar-refractivity contribution in [1.82, 2.24) is 5.32 Å². The molecule has 0 aromatic heterocycles. The van der Waals surface area contributed by atoms with Crippen molar-refractivity contribution in [3.05, 3.63) is 24.3 Å². The molecule has 0 radical (unpaired) electrons. The number of rotatable bonds is 5. The molecule has 118 valence electrons. The Labute approximate surface area is 132 Å². The van der Waals surface area contributed by atoms with E-state index in [1.165, 1.54) is 6.92 Å². The number of thioether (sulfide) groups is 1. The van der Waals surface area contributed by atoms with E-state index < -0.39 is 23.8 Å². The van der Waals surface area contributed by atoms with Gasteiger partial charge in [0.1, 0.15) is 6.04 Å². The summed E-state index contributed by atoms with van der Waals surface area (Å²) in [6, 6.07) is 6.59. The number of anilines is 1. The number of carboxylic acids is 1. The van der Waals surface area contributed by atoms with Gasteiger partial charge in [-0.15, -0.1) is 11.8 Å². The second-order valence-electron chi connectivity index (χ2n) is 5.17. The highest BCUT2D eigenvalue weighted by atomic mass is 32.2. The number of nitrogens with zero attached hydrogens (tertiary/aromatic N) is 1. The standard InChI is InChI=1S/C15H18N2O4S/c1-9(15(20)21)16-14(19)10-7-13(18)17(8-10)11-3-5-12(22-2)6-4-11/h3-6,9-10H,7-8H2,1-2H3,(H,16,19)(H,20,21)/t9-,10?/m0/s1. The number of amides is 2. The maximum absolute atomic E-state index is 12.1. The minimum Gasteiger partial charge on any atom is -0.480 e. The Balaban J connectivity index is 2.03. The Morgan fingerprint density at radius 1 is 1.36 bits per heavy atom. The molecule has 2 rings (SSSR count). The Hall–Kier alpha value is -2.02. The van der Waals surface area contributed by atoms with Gasteiger partial charge in [0, 0.05) is 23.5 Å². The maximum atomic E-state index is 12.1. The molecular weight excluding hydrogens is 304 g/mol. The molecule has 0 aliphatic carbocycles. The molecule has 1 aliphatic rings. The Morgan fingerprint density at radius 2 is 2.00 bits per heavy atom. The number of carboxylic acid groups (broad SMARTS) is 1. The summed E-state index contributed by atoms with van der Waals surface area (Å²) in [5.41, 5.74) is 0.754. The zero-order valence-electron chi connectivity index (χ0n) is 12.4. The zero-order chi connectivity index (χ0) is 16.3. The summed E-state index contributed by atoms with van der Waals surface area (Å²) in [7, 11) is 0. The molecule has 22 heavy (non-hydrogen) atoms. The van der Waals surface area contributed by atoms with Crippen LogP contribution in [0.1, 0.15) is 13.3 Å². The van der Waals surface area contributed by atoms with Crippen LogP contribution in [0.2, 0.25) is 0 Å². The summed E-state index contributed by atoms with van der Waals surface area (Å²) in [5, 5.41) is 11.2. The van der Waals surface area contributed by atoms with Gasteiger partial charge in [-0.05, 0) is 37.4 Å². The van der Waals surface area contributed by atoms with Crippen molar-refractivity contribution in [3.8, 4) is 0 Å². The van der Waals surface area contributed by atoms with Crippen molar-refractivity contribution in [2.75, 3.05) is 17.7 Å². The van der Waals surface area contributed by atoms with Crippen molar-refractivity contribution in [2.45, 2.75) is 24.3 Å². The van der Waals surface area contributed by atoms with Crippen molar-refractivity contribution >= 4 is 35.2 Å². The van der Waals surface area contributed by atoms with Crippen molar-refractivity contribution in [2.24, 2.45) is 5.92 Å². The third-order valence-corrected chi connectivity index (χ3v) is 4.35. The zero-order valence-corrected chi connectivity index (χ0v) is 13.2. The molecule has 2 atom stereocenters. The molecule has 1 aromatic carbocycles. The Bertz CT molecular complexity index is 588. The van der Waals surface area contributed by atoms with Crippen LogP contribution in [0.3, 0.4) is 0 Å². The molecule has 1 heterocycles. The van der Waals surface area contributed by atoms with Crippen molar-refractivity contribution in [1.29, 1.82) is 0 Å². The lowest BCUT2D eigenvalue weighted by Gasteiger charge is -2.17. The number of hydrogen-bond donors (Lipinski definition) is 2. The van der Waals surface area contributed by atoms with E-state index in [2.05, 4.69) is 5.32 Å². The maximum Gasteiger partial charge on any atom is 0.325 e. The van der Waals surface area contributed by atoms with Crippen LogP contribution in [0.4, 0.5) is 5.69 Å². The molecule has 0 spiro atoms. The summed E-state index contributed by atoms with van der Waals surface area (Å²) < 4.78 is 0. The van der Waals surface area contributed by atoms with Gasteiger partial charge in [-0.2, -0.15) is 0 Å². The van der Waals surface area contributed by atoms with E-state index in [-0.39, 0.29) is 18.9 Å². The van der Waals surface area contributed by atoms with Crippen LogP contribution in [-0.2, 0) is 14.4 Å². The topological polar surface area (TPSA) is 86.7 Å². The summed E-state index contributed by atoms with van der Waals surface area (Å²) in [5.74, 6) is -2.14. The first-order valence-electron chi connectivity index (χ1n) is 6.90. The highest BCUT2D eigenvalue weighted by Crippen LogP contribution is 2.27. The van der Waals surface area contributed by atoms with E-state index in [9.17, 15) is 14.4 Å². The molecule has 0 saturated carbocycles. The Morgan fingerprint density at radius 3 is 2.55 bits per heavy atom. The van der Waals surface area contributed by atoms with Gasteiger partial charge >= 0.3 is 5.97 Å². The van der Waals surface area contributed by atoms with Crippen LogP contribution in [0.5, 0.6) is 0 Å². The summed E-state index contributed by atoms with van der Waals surface area (Å²) in [6.45, 7) is 1.67. The van der Waals surface area contributed by atoms with E-state index in [0.29, 0.717) is 0 Å². The van der Waals surface area contributed by atoms with Gasteiger partial charge in [-0.3, -0.25) is 14.4 Å². The number of nitrogens with one attached hydrogen (secondary N) is 1. The van der Waals surface area contributed by atoms with Gasteiger partial charge < -0.3 is 15.3 Å². The van der Waals surface area contributed by atoms with Crippen LogP contribution < -0.4 is 10.2 Å². The molecule has 2 N–H and O–H groups in total. The highest BCUT2D eigenvalue weighted by molar-refractivity contribution is 7.98. The van der Waals surface area contributed by atoms with Crippen LogP contribution in [0.15, 0.2) is 29.2 Å². The quantitative estimate of drug-likeness (QED) is 0.799. The minimum atomic E-state index is -1.10. The first kappa shape index (κ1) is 16.4. The predicted octanol–water partition coefficient (Wildman–Crippen LogP) is 1.35. The number of benzene rings is 1. The second-order valence-corrected chi connectivity index (χ2v) is 6.05. The van der Waals surface area contributed by atoms with Gasteiger partial charge in [0.2, 0.25) is 11.8 Å². The van der Waals surface area contributed by atoms with Crippen LogP contribution in [0.25, 0.3) is 0 Å². The number of carbonyl (C=O) groups is 3. The van der Waals surface area contributed by atoms with E-state index in [1.54, 1.807) is 16.7 Å². The van der Waals surface area contributed by atoms with Crippen LogP contribution >= 0.6 is 11.8 Å².